The van der Waals surface area contributed by atoms with E-state index in [0.29, 0.717) is 12.8 Å². The lowest BCUT2D eigenvalue weighted by Crippen LogP contribution is -2.66. The summed E-state index contributed by atoms with van der Waals surface area (Å²) < 4.78 is 34.1. The summed E-state index contributed by atoms with van der Waals surface area (Å²) in [6.07, 6.45) is 19.0. The zero-order valence-electron chi connectivity index (χ0n) is 47.4. The maximum absolute atomic E-state index is 13.2. The molecule has 3 saturated heterocycles. The van der Waals surface area contributed by atoms with Crippen molar-refractivity contribution in [2.24, 2.45) is 0 Å². The summed E-state index contributed by atoms with van der Waals surface area (Å²) in [6, 6.07) is -0.991. The number of aliphatic hydroxyl groups excluding tert-OH is 11. The molecular weight excluding hydrogens is 1010 g/mol. The number of rotatable bonds is 44. The third-order valence-corrected chi connectivity index (χ3v) is 15.2. The van der Waals surface area contributed by atoms with E-state index in [2.05, 4.69) is 43.5 Å². The fourth-order valence-electron chi connectivity index (χ4n) is 10.2. The fraction of sp³-hybridized carbons (Fsp3) is 0.881. The van der Waals surface area contributed by atoms with Crippen LogP contribution in [0.25, 0.3) is 0 Å². The minimum atomic E-state index is -1.98. The van der Waals surface area contributed by atoms with Crippen LogP contribution in [0.1, 0.15) is 200 Å². The lowest BCUT2D eigenvalue weighted by atomic mass is 9.96. The summed E-state index contributed by atoms with van der Waals surface area (Å²) >= 11 is 0. The average Bonchev–Trinajstić information content (AvgIpc) is 3.47. The molecule has 78 heavy (non-hydrogen) atoms. The van der Waals surface area contributed by atoms with E-state index in [1.54, 1.807) is 6.08 Å². The first kappa shape index (κ1) is 70.3. The molecule has 3 aliphatic rings. The molecule has 0 saturated carbocycles. The highest BCUT2D eigenvalue weighted by molar-refractivity contribution is 5.76. The Kier molecular flexibility index (Phi) is 38.5. The smallest absolute Gasteiger partial charge is 0.220 e. The van der Waals surface area contributed by atoms with E-state index in [0.717, 1.165) is 57.8 Å². The lowest BCUT2D eigenvalue weighted by molar-refractivity contribution is -0.379. The Labute approximate surface area is 466 Å². The van der Waals surface area contributed by atoms with Crippen LogP contribution in [0.2, 0.25) is 0 Å². The Balaban J connectivity index is 1.44. The fourth-order valence-corrected chi connectivity index (χ4v) is 10.2. The van der Waals surface area contributed by atoms with Gasteiger partial charge in [0.05, 0.1) is 38.6 Å². The van der Waals surface area contributed by atoms with Crippen LogP contribution in [0.15, 0.2) is 36.5 Å². The Bertz CT molecular complexity index is 1570. The van der Waals surface area contributed by atoms with Crippen molar-refractivity contribution in [1.29, 1.82) is 0 Å². The van der Waals surface area contributed by atoms with E-state index in [-0.39, 0.29) is 18.9 Å². The van der Waals surface area contributed by atoms with Gasteiger partial charge in [-0.05, 0) is 44.9 Å². The summed E-state index contributed by atoms with van der Waals surface area (Å²) in [4.78, 5) is 13.2. The summed E-state index contributed by atoms with van der Waals surface area (Å²) in [5.41, 5.74) is 0. The van der Waals surface area contributed by atoms with Crippen molar-refractivity contribution < 1.29 is 89.4 Å². The maximum Gasteiger partial charge on any atom is 0.220 e. The highest BCUT2D eigenvalue weighted by Crippen LogP contribution is 2.33. The zero-order valence-corrected chi connectivity index (χ0v) is 47.4. The van der Waals surface area contributed by atoms with E-state index < -0.39 is 124 Å². The molecule has 0 aromatic rings. The van der Waals surface area contributed by atoms with Gasteiger partial charge in [-0.15, -0.1) is 0 Å². The Hall–Kier alpha value is -1.99. The Morgan fingerprint density at radius 2 is 0.821 bits per heavy atom. The second kappa shape index (κ2) is 42.8. The highest BCUT2D eigenvalue weighted by Gasteiger charge is 2.53. The number of allylic oxidation sites excluding steroid dienone is 5. The van der Waals surface area contributed by atoms with Gasteiger partial charge in [-0.2, -0.15) is 0 Å². The number of hydrogen-bond donors (Lipinski definition) is 12. The van der Waals surface area contributed by atoms with E-state index in [1.165, 1.54) is 109 Å². The van der Waals surface area contributed by atoms with Crippen molar-refractivity contribution in [3.05, 3.63) is 36.5 Å². The first-order valence-electron chi connectivity index (χ1n) is 30.2. The molecule has 19 heteroatoms. The zero-order chi connectivity index (χ0) is 56.9. The molecule has 12 N–H and O–H groups in total. The van der Waals surface area contributed by atoms with Crippen LogP contribution in [0, 0.1) is 0 Å². The number of carbonyl (C=O) groups is 1. The average molecular weight is 1120 g/mol. The van der Waals surface area contributed by atoms with Crippen molar-refractivity contribution in [2.45, 2.75) is 304 Å². The van der Waals surface area contributed by atoms with Crippen LogP contribution in [0.5, 0.6) is 0 Å². The molecular formula is C59H107NO18. The predicted octanol–water partition coefficient (Wildman–Crippen LogP) is 5.32. The molecule has 0 aromatic heterocycles. The highest BCUT2D eigenvalue weighted by atomic mass is 16.8. The van der Waals surface area contributed by atoms with Crippen LogP contribution >= 0.6 is 0 Å². The van der Waals surface area contributed by atoms with Crippen LogP contribution in [0.4, 0.5) is 0 Å². The summed E-state index contributed by atoms with van der Waals surface area (Å²) in [5.74, 6) is -0.298. The lowest BCUT2D eigenvalue weighted by Gasteiger charge is -2.48. The van der Waals surface area contributed by atoms with Crippen molar-refractivity contribution in [1.82, 2.24) is 5.32 Å². The minimum Gasteiger partial charge on any atom is -0.394 e. The maximum atomic E-state index is 13.2. The van der Waals surface area contributed by atoms with Crippen molar-refractivity contribution in [2.75, 3.05) is 26.4 Å². The van der Waals surface area contributed by atoms with Crippen molar-refractivity contribution in [3.63, 3.8) is 0 Å². The topological polar surface area (TPSA) is 307 Å². The molecule has 0 aliphatic carbocycles. The van der Waals surface area contributed by atoms with Crippen molar-refractivity contribution >= 4 is 5.91 Å². The van der Waals surface area contributed by atoms with Gasteiger partial charge in [0.15, 0.2) is 18.9 Å². The SMILES string of the molecule is CCCCCCCCCCCCCCCCCC/C=C/CC/C=C/CC/C=C/C(O)C(COC1OC(CO)C(OC2OC(CO)C(OC3OC(CO)C(O)C(O)C3O)C(O)C2O)C(O)C1O)NC(=O)CCCCCCCCC. The molecule has 17 unspecified atom stereocenters. The summed E-state index contributed by atoms with van der Waals surface area (Å²) in [5, 5.41) is 120. The number of carbonyl (C=O) groups excluding carboxylic acids is 1. The van der Waals surface area contributed by atoms with Gasteiger partial charge in [-0.3, -0.25) is 4.79 Å². The standard InChI is InChI=1S/C59H107NO18/c1-3-5-7-9-11-12-13-14-15-16-17-18-19-20-21-22-23-24-25-26-27-28-29-31-32-34-36-43(64)42(60-47(65)37-35-33-30-10-8-6-4-2)41-73-57-53(71)50(68)55(45(39-62)75-57)78-59-54(72)51(69)56(46(40-63)76-59)77-58-52(70)49(67)48(66)44(38-61)74-58/h24-25,28-29,34,36,42-46,48-59,61-64,66-72H,3-23,26-27,30-33,35,37-41H2,1-2H3,(H,60,65)/b25-24+,29-28+,36-34+. The number of hydrogen-bond acceptors (Lipinski definition) is 18. The largest absolute Gasteiger partial charge is 0.394 e. The number of nitrogens with one attached hydrogen (secondary N) is 1. The van der Waals surface area contributed by atoms with Gasteiger partial charge in [0.25, 0.3) is 0 Å². The summed E-state index contributed by atoms with van der Waals surface area (Å²) in [7, 11) is 0. The Morgan fingerprint density at radius 1 is 0.449 bits per heavy atom. The molecule has 3 fully saturated rings. The molecule has 0 aromatic carbocycles. The van der Waals surface area contributed by atoms with Crippen LogP contribution < -0.4 is 5.32 Å². The number of ether oxygens (including phenoxy) is 6. The van der Waals surface area contributed by atoms with Gasteiger partial charge in [-0.1, -0.05) is 185 Å². The molecule has 3 rings (SSSR count). The van der Waals surface area contributed by atoms with Crippen LogP contribution in [-0.2, 0) is 33.2 Å². The second-order valence-electron chi connectivity index (χ2n) is 21.8. The number of unbranched alkanes of at least 4 members (excludes halogenated alkanes) is 24. The third kappa shape index (κ3) is 26.5. The molecule has 0 radical (unpaired) electrons. The molecule has 3 heterocycles. The first-order valence-corrected chi connectivity index (χ1v) is 30.2. The van der Waals surface area contributed by atoms with Crippen molar-refractivity contribution in [3.8, 4) is 0 Å². The van der Waals surface area contributed by atoms with Gasteiger partial charge in [0.1, 0.15) is 73.2 Å². The van der Waals surface area contributed by atoms with Gasteiger partial charge >= 0.3 is 0 Å². The summed E-state index contributed by atoms with van der Waals surface area (Å²) in [6.45, 7) is 1.63. The first-order chi connectivity index (χ1) is 37.8. The number of aliphatic hydroxyl groups is 11. The van der Waals surface area contributed by atoms with Gasteiger partial charge in [0, 0.05) is 6.42 Å². The van der Waals surface area contributed by atoms with E-state index in [1.807, 2.05) is 6.08 Å². The van der Waals surface area contributed by atoms with E-state index in [4.69, 9.17) is 28.4 Å². The number of amides is 1. The quantitative estimate of drug-likeness (QED) is 0.0271. The molecule has 3 aliphatic heterocycles. The predicted molar refractivity (Wildman–Crippen MR) is 296 cm³/mol. The van der Waals surface area contributed by atoms with Crippen LogP contribution in [0.3, 0.4) is 0 Å². The molecule has 17 atom stereocenters. The Morgan fingerprint density at radius 3 is 1.28 bits per heavy atom. The molecule has 1 amide bonds. The van der Waals surface area contributed by atoms with Gasteiger partial charge in [-0.25, -0.2) is 0 Å². The van der Waals surface area contributed by atoms with E-state index >= 15 is 0 Å². The molecule has 0 spiro atoms. The second-order valence-corrected chi connectivity index (χ2v) is 21.8. The van der Waals surface area contributed by atoms with E-state index in [9.17, 15) is 61.0 Å². The normalized spacial score (nSPS) is 30.7. The molecule has 456 valence electrons. The minimum absolute atomic E-state index is 0.231. The monoisotopic (exact) mass is 1120 g/mol. The van der Waals surface area contributed by atoms with Gasteiger partial charge in [0.2, 0.25) is 5.91 Å². The molecule has 0 bridgehead atoms. The van der Waals surface area contributed by atoms with Gasteiger partial charge < -0.3 is 89.9 Å². The molecule has 19 nitrogen and oxygen atoms in total. The third-order valence-electron chi connectivity index (χ3n) is 15.2. The van der Waals surface area contributed by atoms with Crippen LogP contribution in [-0.4, -0.2) is 193 Å².